The van der Waals surface area contributed by atoms with Crippen LogP contribution in [0.15, 0.2) is 18.7 Å². The van der Waals surface area contributed by atoms with E-state index < -0.39 is 5.60 Å². The van der Waals surface area contributed by atoms with E-state index in [1.807, 2.05) is 31.9 Å². The van der Waals surface area contributed by atoms with Crippen LogP contribution < -0.4 is 0 Å². The van der Waals surface area contributed by atoms with Gasteiger partial charge in [-0.25, -0.2) is 14.8 Å². The van der Waals surface area contributed by atoms with Gasteiger partial charge < -0.3 is 19.2 Å². The van der Waals surface area contributed by atoms with Crippen molar-refractivity contribution >= 4 is 28.2 Å². The lowest BCUT2D eigenvalue weighted by Gasteiger charge is -2.35. The smallest absolute Gasteiger partial charge is 0.410 e. The monoisotopic (exact) mass is 355 g/mol. The van der Waals surface area contributed by atoms with Crippen molar-refractivity contribution in [1.82, 2.24) is 24.4 Å². The lowest BCUT2D eigenvalue weighted by molar-refractivity contribution is 0.0174. The standard InChI is InChI=1S/C19H25N5O2/c1-12-9-24(17-15-14(12)8-20-16(15)21-11-22-17)13-6-5-7-23(10-13)18(25)26-19(2,3)4/h8-9,11,13H,5-7,10H2,1-4H3,(H,20,21,22)/t13-/m1/s1. The Labute approximate surface area is 152 Å². The number of aromatic amines is 1. The van der Waals surface area contributed by atoms with Crippen LogP contribution in [0.2, 0.25) is 0 Å². The minimum Gasteiger partial charge on any atom is -0.444 e. The number of hydrogen-bond donors (Lipinski definition) is 1. The first-order valence-corrected chi connectivity index (χ1v) is 9.10. The summed E-state index contributed by atoms with van der Waals surface area (Å²) >= 11 is 0. The second kappa shape index (κ2) is 6.00. The lowest BCUT2D eigenvalue weighted by atomic mass is 10.0. The molecule has 1 aliphatic rings. The summed E-state index contributed by atoms with van der Waals surface area (Å²) in [5, 5.41) is 2.18. The lowest BCUT2D eigenvalue weighted by Crippen LogP contribution is -2.43. The number of carbonyl (C=O) groups is 1. The van der Waals surface area contributed by atoms with Crippen LogP contribution in [0.3, 0.4) is 0 Å². The topological polar surface area (TPSA) is 76.0 Å². The number of nitrogens with one attached hydrogen (secondary N) is 1. The number of pyridine rings is 1. The number of aryl methyl sites for hydroxylation is 1. The van der Waals surface area contributed by atoms with Gasteiger partial charge in [0, 0.05) is 30.9 Å². The van der Waals surface area contributed by atoms with Gasteiger partial charge in [0.25, 0.3) is 0 Å². The number of ether oxygens (including phenoxy) is 1. The van der Waals surface area contributed by atoms with E-state index in [1.165, 1.54) is 0 Å². The zero-order valence-corrected chi connectivity index (χ0v) is 15.7. The molecule has 7 heteroatoms. The molecule has 1 N–H and O–H groups in total. The second-order valence-electron chi connectivity index (χ2n) is 8.06. The molecule has 1 saturated heterocycles. The summed E-state index contributed by atoms with van der Waals surface area (Å²) in [6.45, 7) is 9.14. The molecule has 0 aliphatic carbocycles. The molecule has 0 aromatic carbocycles. The minimum atomic E-state index is -0.482. The predicted molar refractivity (Wildman–Crippen MR) is 100 cm³/mol. The van der Waals surface area contributed by atoms with Gasteiger partial charge in [0.1, 0.15) is 16.9 Å². The second-order valence-corrected chi connectivity index (χ2v) is 8.06. The van der Waals surface area contributed by atoms with Crippen molar-refractivity contribution in [1.29, 1.82) is 0 Å². The summed E-state index contributed by atoms with van der Waals surface area (Å²) in [6.07, 6.45) is 7.42. The normalized spacial score (nSPS) is 18.6. The Balaban J connectivity index is 1.69. The number of carbonyl (C=O) groups excluding carboxylic acids is 1. The number of likely N-dealkylation sites (tertiary alicyclic amines) is 1. The summed E-state index contributed by atoms with van der Waals surface area (Å²) in [6, 6.07) is 0.173. The van der Waals surface area contributed by atoms with Gasteiger partial charge >= 0.3 is 6.09 Å². The van der Waals surface area contributed by atoms with E-state index in [2.05, 4.69) is 32.6 Å². The van der Waals surface area contributed by atoms with Crippen LogP contribution in [0.25, 0.3) is 22.1 Å². The maximum atomic E-state index is 12.5. The molecule has 1 amide bonds. The molecule has 1 atom stereocenters. The van der Waals surface area contributed by atoms with Gasteiger partial charge in [-0.2, -0.15) is 0 Å². The van der Waals surface area contributed by atoms with Crippen LogP contribution in [0.1, 0.15) is 45.2 Å². The van der Waals surface area contributed by atoms with E-state index in [4.69, 9.17) is 4.74 Å². The van der Waals surface area contributed by atoms with Crippen LogP contribution in [0, 0.1) is 6.92 Å². The molecule has 0 radical (unpaired) electrons. The first-order valence-electron chi connectivity index (χ1n) is 9.10. The molecule has 4 rings (SSSR count). The van der Waals surface area contributed by atoms with Crippen LogP contribution in [0.4, 0.5) is 4.79 Å². The highest BCUT2D eigenvalue weighted by Crippen LogP contribution is 2.31. The van der Waals surface area contributed by atoms with Gasteiger partial charge in [0.05, 0.1) is 17.8 Å². The van der Waals surface area contributed by atoms with Crippen LogP contribution in [-0.4, -0.2) is 49.2 Å². The Hall–Kier alpha value is -2.57. The van der Waals surface area contributed by atoms with Crippen molar-refractivity contribution in [2.75, 3.05) is 13.1 Å². The molecule has 0 unspecified atom stereocenters. The number of rotatable bonds is 1. The summed E-state index contributed by atoms with van der Waals surface area (Å²) < 4.78 is 7.76. The molecule has 0 saturated carbocycles. The third-order valence-electron chi connectivity index (χ3n) is 4.88. The Morgan fingerprint density at radius 1 is 1.35 bits per heavy atom. The fourth-order valence-electron chi connectivity index (χ4n) is 3.73. The van der Waals surface area contributed by atoms with Gasteiger partial charge in [-0.1, -0.05) is 0 Å². The summed E-state index contributed by atoms with van der Waals surface area (Å²) in [4.78, 5) is 26.5. The third-order valence-corrected chi connectivity index (χ3v) is 4.88. The minimum absolute atomic E-state index is 0.173. The molecule has 3 aromatic heterocycles. The largest absolute Gasteiger partial charge is 0.444 e. The fraction of sp³-hybridized carbons (Fsp3) is 0.526. The molecule has 0 spiro atoms. The highest BCUT2D eigenvalue weighted by molar-refractivity contribution is 6.05. The van der Waals surface area contributed by atoms with Crippen molar-refractivity contribution in [3.8, 4) is 0 Å². The van der Waals surface area contributed by atoms with E-state index in [0.717, 1.165) is 47.0 Å². The Morgan fingerprint density at radius 2 is 2.15 bits per heavy atom. The average molecular weight is 355 g/mol. The van der Waals surface area contributed by atoms with E-state index in [1.54, 1.807) is 6.33 Å². The quantitative estimate of drug-likeness (QED) is 0.720. The van der Waals surface area contributed by atoms with Gasteiger partial charge in [-0.05, 0) is 46.1 Å². The third kappa shape index (κ3) is 2.91. The zero-order chi connectivity index (χ0) is 18.5. The fourth-order valence-corrected chi connectivity index (χ4v) is 3.73. The van der Waals surface area contributed by atoms with Gasteiger partial charge in [0.15, 0.2) is 0 Å². The number of amides is 1. The number of H-pyrrole nitrogens is 1. The van der Waals surface area contributed by atoms with Crippen molar-refractivity contribution in [2.24, 2.45) is 0 Å². The van der Waals surface area contributed by atoms with E-state index in [0.29, 0.717) is 6.54 Å². The van der Waals surface area contributed by atoms with E-state index in [-0.39, 0.29) is 12.1 Å². The van der Waals surface area contributed by atoms with Crippen LogP contribution in [0.5, 0.6) is 0 Å². The van der Waals surface area contributed by atoms with Gasteiger partial charge in [-0.15, -0.1) is 0 Å². The molecule has 4 heterocycles. The average Bonchev–Trinajstić information content (AvgIpc) is 3.02. The summed E-state index contributed by atoms with van der Waals surface area (Å²) in [5.74, 6) is 0. The van der Waals surface area contributed by atoms with Gasteiger partial charge in [-0.3, -0.25) is 0 Å². The van der Waals surface area contributed by atoms with E-state index in [9.17, 15) is 4.79 Å². The van der Waals surface area contributed by atoms with Crippen LogP contribution in [-0.2, 0) is 4.74 Å². The summed E-state index contributed by atoms with van der Waals surface area (Å²) in [5.41, 5.74) is 2.44. The Morgan fingerprint density at radius 3 is 2.92 bits per heavy atom. The number of hydrogen-bond acceptors (Lipinski definition) is 4. The van der Waals surface area contributed by atoms with Crippen molar-refractivity contribution in [3.05, 3.63) is 24.3 Å². The number of piperidine rings is 1. The molecule has 7 nitrogen and oxygen atoms in total. The van der Waals surface area contributed by atoms with Crippen molar-refractivity contribution in [3.63, 3.8) is 0 Å². The molecule has 1 aliphatic heterocycles. The van der Waals surface area contributed by atoms with Gasteiger partial charge in [0.2, 0.25) is 0 Å². The maximum absolute atomic E-state index is 12.5. The molecule has 3 aromatic rings. The highest BCUT2D eigenvalue weighted by atomic mass is 16.6. The molecule has 138 valence electrons. The van der Waals surface area contributed by atoms with Crippen molar-refractivity contribution in [2.45, 2.75) is 52.2 Å². The molecule has 26 heavy (non-hydrogen) atoms. The van der Waals surface area contributed by atoms with Crippen LogP contribution >= 0.6 is 0 Å². The highest BCUT2D eigenvalue weighted by Gasteiger charge is 2.29. The zero-order valence-electron chi connectivity index (χ0n) is 15.7. The number of aromatic nitrogens is 4. The Kier molecular flexibility index (Phi) is 3.89. The maximum Gasteiger partial charge on any atom is 0.410 e. The molecular formula is C19H25N5O2. The van der Waals surface area contributed by atoms with E-state index >= 15 is 0 Å². The Bertz CT molecular complexity index is 966. The SMILES string of the molecule is Cc1cn([C@@H]2CCCN(C(=O)OC(C)(C)C)C2)c2nc[nH]c3ncc1c32. The summed E-state index contributed by atoms with van der Waals surface area (Å²) in [7, 11) is 0. The molecular weight excluding hydrogens is 330 g/mol. The number of nitrogens with zero attached hydrogens (tertiary/aromatic N) is 4. The predicted octanol–water partition coefficient (Wildman–Crippen LogP) is 3.79. The molecule has 1 fully saturated rings. The molecule has 0 bridgehead atoms. The first-order chi connectivity index (χ1) is 12.3. The van der Waals surface area contributed by atoms with Crippen molar-refractivity contribution < 1.29 is 9.53 Å². The first kappa shape index (κ1) is 16.9.